The van der Waals surface area contributed by atoms with E-state index in [4.69, 9.17) is 9.84 Å². The molecule has 1 aromatic rings. The first-order chi connectivity index (χ1) is 8.37. The number of aliphatic hydroxyl groups excluding tert-OH is 2. The van der Waals surface area contributed by atoms with Gasteiger partial charge >= 0.3 is 5.69 Å². The van der Waals surface area contributed by atoms with Crippen LogP contribution in [-0.4, -0.2) is 44.2 Å². The first-order valence-electron chi connectivity index (χ1n) is 5.32. The predicted octanol–water partition coefficient (Wildman–Crippen LogP) is -1.48. The lowest BCUT2D eigenvalue weighted by atomic mass is 9.98. The molecule has 0 spiro atoms. The average Bonchev–Trinajstić information content (AvgIpc) is 2.52. The van der Waals surface area contributed by atoms with Gasteiger partial charge in [-0.15, -0.1) is 0 Å². The fraction of sp³-hybridized carbons (Fsp3) is 0.600. The number of ether oxygens (including phenoxy) is 1. The van der Waals surface area contributed by atoms with Crippen LogP contribution in [-0.2, 0) is 4.74 Å². The van der Waals surface area contributed by atoms with E-state index >= 15 is 0 Å². The highest BCUT2D eigenvalue weighted by molar-refractivity contribution is 5.01. The summed E-state index contributed by atoms with van der Waals surface area (Å²) in [6, 6.07) is 1.04. The number of nitrogens with one attached hydrogen (secondary N) is 1. The zero-order chi connectivity index (χ0) is 13.5. The fourth-order valence-electron chi connectivity index (χ4n) is 1.97. The molecule has 0 bridgehead atoms. The molecular weight excluding hydrogens is 247 g/mol. The molecule has 0 saturated carbocycles. The molecule has 1 unspecified atom stereocenters. The second kappa shape index (κ2) is 4.30. The van der Waals surface area contributed by atoms with Crippen molar-refractivity contribution >= 4 is 0 Å². The van der Waals surface area contributed by atoms with Gasteiger partial charge in [-0.3, -0.25) is 14.3 Å². The molecule has 2 heterocycles. The van der Waals surface area contributed by atoms with Gasteiger partial charge < -0.3 is 14.9 Å². The summed E-state index contributed by atoms with van der Waals surface area (Å²) >= 11 is 0. The fourth-order valence-corrected chi connectivity index (χ4v) is 1.97. The molecule has 3 N–H and O–H groups in total. The molecule has 8 heteroatoms. The topological polar surface area (TPSA) is 105 Å². The Balaban J connectivity index is 2.45. The van der Waals surface area contributed by atoms with Crippen LogP contribution < -0.4 is 11.2 Å². The van der Waals surface area contributed by atoms with E-state index in [1.165, 1.54) is 0 Å². The lowest BCUT2D eigenvalue weighted by molar-refractivity contribution is -0.0611. The van der Waals surface area contributed by atoms with Crippen molar-refractivity contribution in [2.75, 3.05) is 6.61 Å². The number of alkyl halides is 1. The van der Waals surface area contributed by atoms with Gasteiger partial charge in [0.2, 0.25) is 0 Å². The Morgan fingerprint density at radius 2 is 2.28 bits per heavy atom. The first kappa shape index (κ1) is 12.9. The molecule has 1 aromatic heterocycles. The van der Waals surface area contributed by atoms with Crippen LogP contribution in [0.4, 0.5) is 4.39 Å². The Morgan fingerprint density at radius 3 is 2.78 bits per heavy atom. The molecule has 100 valence electrons. The standard InChI is InChI=1S/C10H13FN2O5/c1-10(11)7(16)5(4-14)18-8(10)13-3-2-6(15)12-9(13)17/h2-3,5,7-8,14,16H,4H2,1H3,(H,12,15,17)/t5-,7-,8?,10+/m1/s1. The van der Waals surface area contributed by atoms with Crippen LogP contribution in [0.3, 0.4) is 0 Å². The summed E-state index contributed by atoms with van der Waals surface area (Å²) in [6.45, 7) is 0.491. The Morgan fingerprint density at radius 1 is 1.61 bits per heavy atom. The van der Waals surface area contributed by atoms with Crippen LogP contribution in [0.25, 0.3) is 0 Å². The van der Waals surface area contributed by atoms with Gasteiger partial charge in [-0.05, 0) is 6.92 Å². The van der Waals surface area contributed by atoms with Crippen molar-refractivity contribution < 1.29 is 19.3 Å². The highest BCUT2D eigenvalue weighted by Crippen LogP contribution is 2.40. The molecule has 1 aliphatic rings. The maximum atomic E-state index is 14.3. The Kier molecular flexibility index (Phi) is 3.09. The first-order valence-corrected chi connectivity index (χ1v) is 5.32. The van der Waals surface area contributed by atoms with Crippen molar-refractivity contribution in [3.63, 3.8) is 0 Å². The van der Waals surface area contributed by atoms with E-state index in [9.17, 15) is 19.1 Å². The Labute approximate surface area is 100 Å². The third kappa shape index (κ3) is 1.88. The lowest BCUT2D eigenvalue weighted by Gasteiger charge is -2.24. The van der Waals surface area contributed by atoms with E-state index < -0.39 is 42.0 Å². The number of hydrogen-bond acceptors (Lipinski definition) is 5. The van der Waals surface area contributed by atoms with Gasteiger partial charge in [0.1, 0.15) is 12.2 Å². The number of aromatic amines is 1. The smallest absolute Gasteiger partial charge is 0.330 e. The lowest BCUT2D eigenvalue weighted by Crippen LogP contribution is -2.43. The molecule has 0 radical (unpaired) electrons. The minimum Gasteiger partial charge on any atom is -0.394 e. The highest BCUT2D eigenvalue weighted by Gasteiger charge is 2.54. The number of aromatic nitrogens is 2. The summed E-state index contributed by atoms with van der Waals surface area (Å²) in [6.07, 6.45) is -3.01. The van der Waals surface area contributed by atoms with Gasteiger partial charge in [-0.25, -0.2) is 9.18 Å². The van der Waals surface area contributed by atoms with Gasteiger partial charge in [-0.2, -0.15) is 0 Å². The van der Waals surface area contributed by atoms with E-state index in [-0.39, 0.29) is 0 Å². The minimum atomic E-state index is -2.25. The summed E-state index contributed by atoms with van der Waals surface area (Å²) < 4.78 is 20.3. The summed E-state index contributed by atoms with van der Waals surface area (Å²) in [7, 11) is 0. The Hall–Kier alpha value is -1.51. The van der Waals surface area contributed by atoms with Gasteiger partial charge in [0.05, 0.1) is 6.61 Å². The molecule has 0 aliphatic carbocycles. The van der Waals surface area contributed by atoms with Crippen molar-refractivity contribution in [3.05, 3.63) is 33.1 Å². The average molecular weight is 260 g/mol. The van der Waals surface area contributed by atoms with E-state index in [0.29, 0.717) is 0 Å². The predicted molar refractivity (Wildman–Crippen MR) is 57.8 cm³/mol. The molecule has 2 rings (SSSR count). The second-order valence-corrected chi connectivity index (χ2v) is 4.32. The molecule has 0 amide bonds. The van der Waals surface area contributed by atoms with Crippen molar-refractivity contribution in [1.82, 2.24) is 9.55 Å². The van der Waals surface area contributed by atoms with Crippen LogP contribution in [0.2, 0.25) is 0 Å². The Bertz CT molecular complexity index is 552. The van der Waals surface area contributed by atoms with E-state index in [1.54, 1.807) is 0 Å². The summed E-state index contributed by atoms with van der Waals surface area (Å²) in [4.78, 5) is 24.4. The summed E-state index contributed by atoms with van der Waals surface area (Å²) in [5.74, 6) is 0. The quantitative estimate of drug-likeness (QED) is 0.601. The van der Waals surface area contributed by atoms with Gasteiger partial charge in [0.25, 0.3) is 5.56 Å². The largest absolute Gasteiger partial charge is 0.394 e. The third-order valence-electron chi connectivity index (χ3n) is 3.00. The third-order valence-corrected chi connectivity index (χ3v) is 3.00. The second-order valence-electron chi connectivity index (χ2n) is 4.32. The van der Waals surface area contributed by atoms with Crippen LogP contribution >= 0.6 is 0 Å². The molecule has 1 aliphatic heterocycles. The molecular formula is C10H13FN2O5. The molecule has 4 atom stereocenters. The number of nitrogens with zero attached hydrogens (tertiary/aromatic N) is 1. The number of aliphatic hydroxyl groups is 2. The van der Waals surface area contributed by atoms with Crippen molar-refractivity contribution in [3.8, 4) is 0 Å². The number of H-pyrrole nitrogens is 1. The SMILES string of the molecule is C[C@@]1(F)C(n2ccc(=O)[nH]c2=O)O[C@H](CO)[C@H]1O. The van der Waals surface area contributed by atoms with Gasteiger partial charge in [0.15, 0.2) is 11.9 Å². The van der Waals surface area contributed by atoms with Crippen LogP contribution in [0.1, 0.15) is 13.2 Å². The van der Waals surface area contributed by atoms with Crippen molar-refractivity contribution in [2.45, 2.75) is 31.0 Å². The highest BCUT2D eigenvalue weighted by atomic mass is 19.1. The van der Waals surface area contributed by atoms with Crippen LogP contribution in [0.15, 0.2) is 21.9 Å². The maximum absolute atomic E-state index is 14.3. The van der Waals surface area contributed by atoms with Crippen molar-refractivity contribution in [2.24, 2.45) is 0 Å². The van der Waals surface area contributed by atoms with Crippen LogP contribution in [0.5, 0.6) is 0 Å². The molecule has 7 nitrogen and oxygen atoms in total. The maximum Gasteiger partial charge on any atom is 0.330 e. The van der Waals surface area contributed by atoms with Crippen LogP contribution in [0, 0.1) is 0 Å². The number of hydrogen-bond donors (Lipinski definition) is 3. The molecule has 1 fully saturated rings. The van der Waals surface area contributed by atoms with E-state index in [1.807, 2.05) is 4.98 Å². The zero-order valence-electron chi connectivity index (χ0n) is 9.54. The van der Waals surface area contributed by atoms with Crippen molar-refractivity contribution in [1.29, 1.82) is 0 Å². The number of rotatable bonds is 2. The van der Waals surface area contributed by atoms with E-state index in [0.717, 1.165) is 23.8 Å². The normalized spacial score (nSPS) is 35.9. The molecule has 18 heavy (non-hydrogen) atoms. The van der Waals surface area contributed by atoms with Gasteiger partial charge in [-0.1, -0.05) is 0 Å². The molecule has 1 saturated heterocycles. The monoisotopic (exact) mass is 260 g/mol. The summed E-state index contributed by atoms with van der Waals surface area (Å²) in [5.41, 5.74) is -3.72. The molecule has 0 aromatic carbocycles. The van der Waals surface area contributed by atoms with E-state index in [2.05, 4.69) is 0 Å². The minimum absolute atomic E-state index is 0.574. The zero-order valence-corrected chi connectivity index (χ0v) is 9.54. The summed E-state index contributed by atoms with van der Waals surface area (Å²) in [5, 5.41) is 18.6. The van der Waals surface area contributed by atoms with Gasteiger partial charge in [0, 0.05) is 12.3 Å². The number of halogens is 1.